The molecule has 3 rings (SSSR count). The maximum absolute atomic E-state index is 12.9. The van der Waals surface area contributed by atoms with Crippen molar-refractivity contribution < 1.29 is 18.0 Å². The van der Waals surface area contributed by atoms with E-state index in [0.717, 1.165) is 50.4 Å². The first kappa shape index (κ1) is 21.5. The molecule has 1 N–H and O–H groups in total. The molecule has 1 aliphatic carbocycles. The highest BCUT2D eigenvalue weighted by Crippen LogP contribution is 2.32. The van der Waals surface area contributed by atoms with Gasteiger partial charge in [-0.2, -0.15) is 13.2 Å². The van der Waals surface area contributed by atoms with Gasteiger partial charge in [0.2, 0.25) is 0 Å². The van der Waals surface area contributed by atoms with Crippen LogP contribution in [0, 0.1) is 5.92 Å². The van der Waals surface area contributed by atoms with E-state index < -0.39 is 17.6 Å². The van der Waals surface area contributed by atoms with E-state index in [2.05, 4.69) is 29.4 Å². The average molecular weight is 425 g/mol. The summed E-state index contributed by atoms with van der Waals surface area (Å²) in [5, 5.41) is 2.88. The van der Waals surface area contributed by atoms with Gasteiger partial charge >= 0.3 is 6.18 Å². The van der Waals surface area contributed by atoms with E-state index in [0.29, 0.717) is 5.92 Å². The molecule has 0 spiro atoms. The van der Waals surface area contributed by atoms with Crippen molar-refractivity contribution in [2.75, 3.05) is 18.5 Å². The fraction of sp³-hybridized carbons (Fsp3) is 0.409. The standard InChI is InChI=1S/C22H24ClF3N2O/c1-28(18-5-3-2-4-6-18)14-15-7-10-17(11-8-15)27-21(29)19-13-16(22(24,25)26)9-12-20(19)23/h2-6,9,12-13,15,17H,7-8,10-11,14H2,1H3,(H,27,29). The van der Waals surface area contributed by atoms with Gasteiger partial charge in [0.25, 0.3) is 5.91 Å². The molecule has 1 saturated carbocycles. The molecule has 0 unspecified atom stereocenters. The largest absolute Gasteiger partial charge is 0.416 e. The number of anilines is 1. The summed E-state index contributed by atoms with van der Waals surface area (Å²) >= 11 is 5.96. The molecule has 0 aromatic heterocycles. The second-order valence-corrected chi connectivity index (χ2v) is 8.01. The Labute approximate surface area is 173 Å². The summed E-state index contributed by atoms with van der Waals surface area (Å²) in [6, 6.07) is 12.9. The van der Waals surface area contributed by atoms with Gasteiger partial charge in [0.05, 0.1) is 16.1 Å². The third-order valence-electron chi connectivity index (χ3n) is 5.45. The Bertz CT molecular complexity index is 834. The monoisotopic (exact) mass is 424 g/mol. The van der Waals surface area contributed by atoms with Gasteiger partial charge in [-0.25, -0.2) is 0 Å². The molecule has 0 saturated heterocycles. The Balaban J connectivity index is 1.54. The van der Waals surface area contributed by atoms with Crippen LogP contribution in [0.1, 0.15) is 41.6 Å². The van der Waals surface area contributed by atoms with Crippen LogP contribution in [0.3, 0.4) is 0 Å². The van der Waals surface area contributed by atoms with Gasteiger partial charge in [-0.15, -0.1) is 0 Å². The molecule has 7 heteroatoms. The number of carbonyl (C=O) groups is 1. The third-order valence-corrected chi connectivity index (χ3v) is 5.78. The quantitative estimate of drug-likeness (QED) is 0.659. The van der Waals surface area contributed by atoms with Crippen molar-refractivity contribution >= 4 is 23.2 Å². The summed E-state index contributed by atoms with van der Waals surface area (Å²) in [6.45, 7) is 0.935. The number of benzene rings is 2. The van der Waals surface area contributed by atoms with E-state index >= 15 is 0 Å². The second-order valence-electron chi connectivity index (χ2n) is 7.60. The van der Waals surface area contributed by atoms with Gasteiger partial charge in [-0.1, -0.05) is 29.8 Å². The van der Waals surface area contributed by atoms with Crippen LogP contribution in [0.5, 0.6) is 0 Å². The molecule has 1 aliphatic rings. The maximum Gasteiger partial charge on any atom is 0.416 e. The van der Waals surface area contributed by atoms with Crippen molar-refractivity contribution in [3.63, 3.8) is 0 Å². The number of alkyl halides is 3. The van der Waals surface area contributed by atoms with Crippen molar-refractivity contribution in [2.24, 2.45) is 5.92 Å². The smallest absolute Gasteiger partial charge is 0.374 e. The molecular weight excluding hydrogens is 401 g/mol. The van der Waals surface area contributed by atoms with Crippen molar-refractivity contribution in [3.05, 3.63) is 64.7 Å². The molecule has 156 valence electrons. The molecule has 3 nitrogen and oxygen atoms in total. The van der Waals surface area contributed by atoms with Crippen LogP contribution in [0.4, 0.5) is 18.9 Å². The number of carbonyl (C=O) groups excluding carboxylic acids is 1. The van der Waals surface area contributed by atoms with Gasteiger partial charge < -0.3 is 10.2 Å². The van der Waals surface area contributed by atoms with Crippen LogP contribution in [0.2, 0.25) is 5.02 Å². The minimum absolute atomic E-state index is 0.0219. The van der Waals surface area contributed by atoms with Gasteiger partial charge in [-0.05, 0) is 61.9 Å². The number of rotatable bonds is 5. The van der Waals surface area contributed by atoms with Crippen LogP contribution in [0.15, 0.2) is 48.5 Å². The maximum atomic E-state index is 12.9. The number of halogens is 4. The Morgan fingerprint density at radius 2 is 1.76 bits per heavy atom. The summed E-state index contributed by atoms with van der Waals surface area (Å²) in [5.74, 6) is -0.0311. The SMILES string of the molecule is CN(CC1CCC(NC(=O)c2cc(C(F)(F)F)ccc2Cl)CC1)c1ccccc1. The molecule has 0 radical (unpaired) electrons. The van der Waals surface area contributed by atoms with Crippen molar-refractivity contribution in [3.8, 4) is 0 Å². The normalized spacial score (nSPS) is 19.6. The van der Waals surface area contributed by atoms with Gasteiger partial charge in [0.1, 0.15) is 0 Å². The summed E-state index contributed by atoms with van der Waals surface area (Å²) in [6.07, 6.45) is -0.995. The first-order valence-corrected chi connectivity index (χ1v) is 10.1. The highest BCUT2D eigenvalue weighted by molar-refractivity contribution is 6.33. The molecule has 0 aliphatic heterocycles. The lowest BCUT2D eigenvalue weighted by Gasteiger charge is -2.32. The van der Waals surface area contributed by atoms with Crippen LogP contribution in [-0.2, 0) is 6.18 Å². The van der Waals surface area contributed by atoms with Crippen molar-refractivity contribution in [1.29, 1.82) is 0 Å². The minimum atomic E-state index is -4.51. The molecule has 2 aromatic rings. The highest BCUT2D eigenvalue weighted by atomic mass is 35.5. The molecule has 0 bridgehead atoms. The predicted molar refractivity (Wildman–Crippen MR) is 109 cm³/mol. The van der Waals surface area contributed by atoms with Crippen LogP contribution in [0.25, 0.3) is 0 Å². The topological polar surface area (TPSA) is 32.3 Å². The van der Waals surface area contributed by atoms with E-state index in [-0.39, 0.29) is 16.6 Å². The van der Waals surface area contributed by atoms with Crippen LogP contribution in [-0.4, -0.2) is 25.5 Å². The number of nitrogens with zero attached hydrogens (tertiary/aromatic N) is 1. The third kappa shape index (κ3) is 5.66. The zero-order valence-corrected chi connectivity index (χ0v) is 16.9. The summed E-state index contributed by atoms with van der Waals surface area (Å²) < 4.78 is 38.7. The number of hydrogen-bond acceptors (Lipinski definition) is 2. The fourth-order valence-electron chi connectivity index (χ4n) is 3.80. The summed E-state index contributed by atoms with van der Waals surface area (Å²) in [5.41, 5.74) is 0.161. The Morgan fingerprint density at radius 1 is 1.10 bits per heavy atom. The lowest BCUT2D eigenvalue weighted by Crippen LogP contribution is -2.39. The zero-order chi connectivity index (χ0) is 21.0. The molecule has 1 amide bonds. The van der Waals surface area contributed by atoms with Gasteiger partial charge in [0, 0.05) is 25.3 Å². The lowest BCUT2D eigenvalue weighted by atomic mass is 9.85. The molecule has 2 aromatic carbocycles. The van der Waals surface area contributed by atoms with E-state index in [9.17, 15) is 18.0 Å². The minimum Gasteiger partial charge on any atom is -0.374 e. The van der Waals surface area contributed by atoms with Crippen molar-refractivity contribution in [1.82, 2.24) is 5.32 Å². The fourth-order valence-corrected chi connectivity index (χ4v) is 4.01. The molecule has 1 fully saturated rings. The summed E-state index contributed by atoms with van der Waals surface area (Å²) in [4.78, 5) is 14.7. The lowest BCUT2D eigenvalue weighted by molar-refractivity contribution is -0.137. The van der Waals surface area contributed by atoms with E-state index in [1.165, 1.54) is 5.69 Å². The van der Waals surface area contributed by atoms with Crippen molar-refractivity contribution in [2.45, 2.75) is 37.9 Å². The second kappa shape index (κ2) is 9.08. The average Bonchev–Trinajstić information content (AvgIpc) is 2.69. The number of hydrogen-bond donors (Lipinski definition) is 1. The molecule has 0 atom stereocenters. The Morgan fingerprint density at radius 3 is 2.38 bits per heavy atom. The predicted octanol–water partition coefficient (Wildman–Crippen LogP) is 5.78. The Kier molecular flexibility index (Phi) is 6.73. The summed E-state index contributed by atoms with van der Waals surface area (Å²) in [7, 11) is 2.07. The zero-order valence-electron chi connectivity index (χ0n) is 16.2. The van der Waals surface area contributed by atoms with E-state index in [1.54, 1.807) is 0 Å². The van der Waals surface area contributed by atoms with Gasteiger partial charge in [0.15, 0.2) is 0 Å². The Hall–Kier alpha value is -2.21. The highest BCUT2D eigenvalue weighted by Gasteiger charge is 2.32. The van der Waals surface area contributed by atoms with Crippen LogP contribution < -0.4 is 10.2 Å². The van der Waals surface area contributed by atoms with Crippen LogP contribution >= 0.6 is 11.6 Å². The van der Waals surface area contributed by atoms with Gasteiger partial charge in [-0.3, -0.25) is 4.79 Å². The van der Waals surface area contributed by atoms with E-state index in [1.807, 2.05) is 18.2 Å². The molecular formula is C22H24ClF3N2O. The first-order chi connectivity index (χ1) is 13.7. The first-order valence-electron chi connectivity index (χ1n) is 9.68. The molecule has 29 heavy (non-hydrogen) atoms. The molecule has 0 heterocycles. The number of nitrogens with one attached hydrogen (secondary N) is 1. The number of para-hydroxylation sites is 1. The number of amides is 1. The van der Waals surface area contributed by atoms with E-state index in [4.69, 9.17) is 11.6 Å².